The molecule has 1 heterocycles. The number of nitrogens with zero attached hydrogens (tertiary/aromatic N) is 2. The number of hydrogen-bond acceptors (Lipinski definition) is 5. The highest BCUT2D eigenvalue weighted by Gasteiger charge is 2.21. The van der Waals surface area contributed by atoms with Gasteiger partial charge in [-0.25, -0.2) is 4.98 Å². The second-order valence-electron chi connectivity index (χ2n) is 4.53. The highest BCUT2D eigenvalue weighted by molar-refractivity contribution is 7.99. The van der Waals surface area contributed by atoms with Gasteiger partial charge in [-0.05, 0) is 19.9 Å². The fraction of sp³-hybridized carbons (Fsp3) is 0.692. The molecule has 5 heteroatoms. The van der Waals surface area contributed by atoms with Crippen molar-refractivity contribution in [2.75, 3.05) is 19.9 Å². The van der Waals surface area contributed by atoms with Crippen molar-refractivity contribution in [2.24, 2.45) is 0 Å². The molecule has 0 spiro atoms. The summed E-state index contributed by atoms with van der Waals surface area (Å²) in [4.78, 5) is 8.61. The highest BCUT2D eigenvalue weighted by Crippen LogP contribution is 2.32. The minimum atomic E-state index is 0.208. The minimum Gasteiger partial charge on any atom is -0.480 e. The zero-order valence-corrected chi connectivity index (χ0v) is 11.9. The summed E-state index contributed by atoms with van der Waals surface area (Å²) in [6.45, 7) is 0. The summed E-state index contributed by atoms with van der Waals surface area (Å²) in [7, 11) is 3.61. The van der Waals surface area contributed by atoms with Gasteiger partial charge in [0.15, 0.2) is 0 Å². The lowest BCUT2D eigenvalue weighted by atomic mass is 10.2. The number of hydrogen-bond donors (Lipinski definition) is 1. The average molecular weight is 267 g/mol. The number of ether oxygens (including phenoxy) is 1. The fourth-order valence-electron chi connectivity index (χ4n) is 2.32. The van der Waals surface area contributed by atoms with Gasteiger partial charge in [0.2, 0.25) is 5.88 Å². The maximum absolute atomic E-state index is 5.28. The van der Waals surface area contributed by atoms with Crippen molar-refractivity contribution in [2.45, 2.75) is 37.0 Å². The molecule has 2 rings (SSSR count). The Morgan fingerprint density at radius 1 is 1.39 bits per heavy atom. The molecule has 1 fully saturated rings. The molecule has 0 saturated heterocycles. The topological polar surface area (TPSA) is 47.0 Å². The maximum Gasteiger partial charge on any atom is 0.237 e. The predicted molar refractivity (Wildman–Crippen MR) is 75.1 cm³/mol. The zero-order chi connectivity index (χ0) is 12.8. The Hall–Kier alpha value is -0.810. The van der Waals surface area contributed by atoms with Gasteiger partial charge < -0.3 is 10.1 Å². The van der Waals surface area contributed by atoms with E-state index in [1.807, 2.05) is 18.8 Å². The van der Waals surface area contributed by atoms with Crippen molar-refractivity contribution in [3.05, 3.63) is 18.1 Å². The van der Waals surface area contributed by atoms with Gasteiger partial charge in [0.05, 0.1) is 13.2 Å². The van der Waals surface area contributed by atoms with Crippen molar-refractivity contribution >= 4 is 11.8 Å². The van der Waals surface area contributed by atoms with E-state index in [1.54, 1.807) is 19.5 Å². The van der Waals surface area contributed by atoms with Crippen LogP contribution in [0.3, 0.4) is 0 Å². The summed E-state index contributed by atoms with van der Waals surface area (Å²) in [5.41, 5.74) is 0.910. The molecule has 1 unspecified atom stereocenters. The van der Waals surface area contributed by atoms with Gasteiger partial charge in [-0.15, -0.1) is 0 Å². The largest absolute Gasteiger partial charge is 0.480 e. The number of thioether (sulfide) groups is 1. The molecule has 0 radical (unpaired) electrons. The molecule has 0 amide bonds. The highest BCUT2D eigenvalue weighted by atomic mass is 32.2. The second-order valence-corrected chi connectivity index (χ2v) is 5.87. The van der Waals surface area contributed by atoms with Crippen molar-refractivity contribution in [3.63, 3.8) is 0 Å². The van der Waals surface area contributed by atoms with Gasteiger partial charge in [-0.3, -0.25) is 4.98 Å². The predicted octanol–water partition coefficient (Wildman–Crippen LogP) is 2.42. The molecule has 1 aliphatic carbocycles. The first-order valence-electron chi connectivity index (χ1n) is 6.49. The molecule has 1 aromatic heterocycles. The smallest absolute Gasteiger partial charge is 0.237 e. The maximum atomic E-state index is 5.28. The van der Waals surface area contributed by atoms with Gasteiger partial charge in [-0.2, -0.15) is 11.8 Å². The summed E-state index contributed by atoms with van der Waals surface area (Å²) in [5.74, 6) is 1.65. The molecular weight excluding hydrogens is 246 g/mol. The molecule has 18 heavy (non-hydrogen) atoms. The van der Waals surface area contributed by atoms with Gasteiger partial charge >= 0.3 is 0 Å². The van der Waals surface area contributed by atoms with Crippen molar-refractivity contribution in [1.82, 2.24) is 15.3 Å². The van der Waals surface area contributed by atoms with Crippen LogP contribution in [0.15, 0.2) is 12.4 Å². The summed E-state index contributed by atoms with van der Waals surface area (Å²) in [5, 5.41) is 4.14. The van der Waals surface area contributed by atoms with Crippen LogP contribution in [0.2, 0.25) is 0 Å². The van der Waals surface area contributed by atoms with E-state index in [0.717, 1.165) is 16.7 Å². The van der Waals surface area contributed by atoms with E-state index in [9.17, 15) is 0 Å². The van der Waals surface area contributed by atoms with Crippen molar-refractivity contribution < 1.29 is 4.74 Å². The molecule has 0 bridgehead atoms. The van der Waals surface area contributed by atoms with Crippen LogP contribution in [0.1, 0.15) is 37.4 Å². The van der Waals surface area contributed by atoms with Crippen LogP contribution in [0.25, 0.3) is 0 Å². The van der Waals surface area contributed by atoms with Gasteiger partial charge in [0.1, 0.15) is 5.69 Å². The van der Waals surface area contributed by atoms with Gasteiger partial charge in [-0.1, -0.05) is 12.8 Å². The number of nitrogens with one attached hydrogen (secondary N) is 1. The van der Waals surface area contributed by atoms with Gasteiger partial charge in [0.25, 0.3) is 0 Å². The van der Waals surface area contributed by atoms with Crippen LogP contribution in [-0.4, -0.2) is 35.1 Å². The third-order valence-electron chi connectivity index (χ3n) is 3.36. The lowest BCUT2D eigenvalue weighted by Crippen LogP contribution is -2.22. The summed E-state index contributed by atoms with van der Waals surface area (Å²) < 4.78 is 5.28. The monoisotopic (exact) mass is 267 g/mol. The SMILES string of the molecule is CNC(CSC1CCCC1)c1nccnc1OC. The molecule has 0 aromatic carbocycles. The Labute approximate surface area is 113 Å². The molecule has 4 nitrogen and oxygen atoms in total. The average Bonchev–Trinajstić information content (AvgIpc) is 2.93. The Balaban J connectivity index is 1.98. The molecule has 100 valence electrons. The van der Waals surface area contributed by atoms with E-state index in [4.69, 9.17) is 4.74 Å². The van der Waals surface area contributed by atoms with Crippen LogP contribution >= 0.6 is 11.8 Å². The van der Waals surface area contributed by atoms with E-state index in [0.29, 0.717) is 5.88 Å². The molecule has 1 aliphatic rings. The van der Waals surface area contributed by atoms with E-state index in [-0.39, 0.29) is 6.04 Å². The molecule has 1 N–H and O–H groups in total. The van der Waals surface area contributed by atoms with Crippen LogP contribution in [-0.2, 0) is 0 Å². The van der Waals surface area contributed by atoms with Crippen LogP contribution in [0.5, 0.6) is 5.88 Å². The summed E-state index contributed by atoms with van der Waals surface area (Å²) >= 11 is 2.04. The third-order valence-corrected chi connectivity index (χ3v) is 4.83. The first-order chi connectivity index (χ1) is 8.85. The Kier molecular flexibility index (Phi) is 5.26. The molecule has 0 aliphatic heterocycles. The van der Waals surface area contributed by atoms with Crippen LogP contribution < -0.4 is 10.1 Å². The minimum absolute atomic E-state index is 0.208. The fourth-order valence-corrected chi connectivity index (χ4v) is 3.77. The summed E-state index contributed by atoms with van der Waals surface area (Å²) in [6.07, 6.45) is 8.88. The molecule has 1 atom stereocenters. The first-order valence-corrected chi connectivity index (χ1v) is 7.53. The number of aromatic nitrogens is 2. The Bertz CT molecular complexity index is 369. The van der Waals surface area contributed by atoms with Crippen molar-refractivity contribution in [3.8, 4) is 5.88 Å². The van der Waals surface area contributed by atoms with Gasteiger partial charge in [0, 0.05) is 23.4 Å². The first kappa shape index (κ1) is 13.6. The number of rotatable bonds is 6. The summed E-state index contributed by atoms with van der Waals surface area (Å²) in [6, 6.07) is 0.208. The Morgan fingerprint density at radius 3 is 2.78 bits per heavy atom. The lowest BCUT2D eigenvalue weighted by molar-refractivity contribution is 0.382. The van der Waals surface area contributed by atoms with E-state index < -0.39 is 0 Å². The second kappa shape index (κ2) is 6.95. The van der Waals surface area contributed by atoms with Crippen LogP contribution in [0.4, 0.5) is 0 Å². The van der Waals surface area contributed by atoms with E-state index in [2.05, 4.69) is 15.3 Å². The lowest BCUT2D eigenvalue weighted by Gasteiger charge is -2.18. The molecule has 1 aromatic rings. The molecular formula is C13H21N3OS. The molecule has 1 saturated carbocycles. The quantitative estimate of drug-likeness (QED) is 0.857. The zero-order valence-electron chi connectivity index (χ0n) is 11.1. The van der Waals surface area contributed by atoms with E-state index >= 15 is 0 Å². The van der Waals surface area contributed by atoms with E-state index in [1.165, 1.54) is 25.7 Å². The third kappa shape index (κ3) is 3.36. The Morgan fingerprint density at radius 2 is 2.11 bits per heavy atom. The normalized spacial score (nSPS) is 17.9. The standard InChI is InChI=1S/C13H21N3OS/c1-14-11(9-18-10-5-3-4-6-10)12-13(17-2)16-8-7-15-12/h7-8,10-11,14H,3-6,9H2,1-2H3. The van der Waals surface area contributed by atoms with Crippen LogP contribution in [0, 0.1) is 0 Å². The van der Waals surface area contributed by atoms with Crippen molar-refractivity contribution in [1.29, 1.82) is 0 Å². The number of methoxy groups -OCH3 is 1.